The summed E-state index contributed by atoms with van der Waals surface area (Å²) < 4.78 is 4.69. The molecule has 3 heterocycles. The van der Waals surface area contributed by atoms with Gasteiger partial charge in [0.15, 0.2) is 11.5 Å². The minimum Gasteiger partial charge on any atom is -0.464 e. The summed E-state index contributed by atoms with van der Waals surface area (Å²) in [6.07, 6.45) is 3.07. The van der Waals surface area contributed by atoms with E-state index in [1.165, 1.54) is 13.3 Å². The zero-order valence-corrected chi connectivity index (χ0v) is 20.2. The van der Waals surface area contributed by atoms with Crippen molar-refractivity contribution in [2.45, 2.75) is 33.7 Å². The molecule has 0 amide bonds. The number of anilines is 2. The Morgan fingerprint density at radius 3 is 2.52 bits per heavy atom. The summed E-state index contributed by atoms with van der Waals surface area (Å²) in [5, 5.41) is 9.89. The van der Waals surface area contributed by atoms with Gasteiger partial charge >= 0.3 is 5.97 Å². The predicted octanol–water partition coefficient (Wildman–Crippen LogP) is 4.01. The third-order valence-corrected chi connectivity index (χ3v) is 6.60. The van der Waals surface area contributed by atoms with E-state index in [-0.39, 0.29) is 11.7 Å². The van der Waals surface area contributed by atoms with Gasteiger partial charge in [0.05, 0.1) is 25.2 Å². The molecule has 0 saturated carbocycles. The molecule has 9 heteroatoms. The lowest BCUT2D eigenvalue weighted by molar-refractivity contribution is 0.0593. The van der Waals surface area contributed by atoms with E-state index in [1.54, 1.807) is 6.20 Å². The van der Waals surface area contributed by atoms with Crippen molar-refractivity contribution in [1.29, 1.82) is 0 Å². The third-order valence-electron chi connectivity index (χ3n) is 6.20. The van der Waals surface area contributed by atoms with Crippen molar-refractivity contribution < 1.29 is 9.53 Å². The second kappa shape index (κ2) is 9.31. The molecule has 0 aliphatic carbocycles. The Balaban J connectivity index is 1.52. The molecule has 33 heavy (non-hydrogen) atoms. The number of hydrogen-bond donors (Lipinski definition) is 0. The molecule has 1 fully saturated rings. The van der Waals surface area contributed by atoms with Crippen LogP contribution in [0.4, 0.5) is 11.6 Å². The molecular weight excluding hydrogens is 440 g/mol. The summed E-state index contributed by atoms with van der Waals surface area (Å²) in [5.41, 5.74) is 5.27. The SMILES string of the molecule is COC(=O)c1cnc(N2CCN(c3nnc(-c4ccc(C)c(Cl)c4)c(C)c3C)C[C@H]2C)cn1. The highest BCUT2D eigenvalue weighted by Gasteiger charge is 2.28. The number of carbonyl (C=O) groups excluding carboxylic acids is 1. The highest BCUT2D eigenvalue weighted by molar-refractivity contribution is 6.31. The average molecular weight is 467 g/mol. The lowest BCUT2D eigenvalue weighted by Crippen LogP contribution is -2.53. The first kappa shape index (κ1) is 22.9. The first-order valence-electron chi connectivity index (χ1n) is 10.8. The molecule has 1 aliphatic heterocycles. The molecule has 4 rings (SSSR count). The Kier molecular flexibility index (Phi) is 6.47. The van der Waals surface area contributed by atoms with E-state index in [9.17, 15) is 4.79 Å². The maximum absolute atomic E-state index is 11.6. The maximum Gasteiger partial charge on any atom is 0.358 e. The van der Waals surface area contributed by atoms with Crippen molar-refractivity contribution in [3.8, 4) is 11.3 Å². The van der Waals surface area contributed by atoms with Gasteiger partial charge in [-0.15, -0.1) is 10.2 Å². The van der Waals surface area contributed by atoms with Gasteiger partial charge in [-0.25, -0.2) is 14.8 Å². The number of aromatic nitrogens is 4. The third kappa shape index (κ3) is 4.48. The van der Waals surface area contributed by atoms with Gasteiger partial charge in [-0.2, -0.15) is 0 Å². The highest BCUT2D eigenvalue weighted by Crippen LogP contribution is 2.31. The Bertz CT molecular complexity index is 1180. The number of rotatable bonds is 4. The summed E-state index contributed by atoms with van der Waals surface area (Å²) in [6.45, 7) is 10.6. The molecule has 3 aromatic rings. The molecule has 172 valence electrons. The molecule has 1 aliphatic rings. The molecule has 1 saturated heterocycles. The van der Waals surface area contributed by atoms with E-state index < -0.39 is 5.97 Å². The zero-order valence-electron chi connectivity index (χ0n) is 19.5. The summed E-state index contributed by atoms with van der Waals surface area (Å²) in [7, 11) is 1.33. The van der Waals surface area contributed by atoms with Crippen molar-refractivity contribution >= 4 is 29.2 Å². The van der Waals surface area contributed by atoms with E-state index in [0.717, 1.165) is 64.2 Å². The normalized spacial score (nSPS) is 16.1. The molecule has 0 radical (unpaired) electrons. The number of carbonyl (C=O) groups is 1. The van der Waals surface area contributed by atoms with Crippen LogP contribution in [0.25, 0.3) is 11.3 Å². The molecular formula is C24H27ClN6O2. The van der Waals surface area contributed by atoms with E-state index >= 15 is 0 Å². The second-order valence-electron chi connectivity index (χ2n) is 8.33. The standard InChI is InChI=1S/C24H27ClN6O2/c1-14-6-7-18(10-19(14)25)22-16(3)17(4)23(29-28-22)30-8-9-31(15(2)13-30)21-12-26-20(11-27-21)24(32)33-5/h6-7,10-12,15H,8-9,13H2,1-5H3/t15-/m1/s1. The number of nitrogens with zero attached hydrogens (tertiary/aromatic N) is 6. The fourth-order valence-electron chi connectivity index (χ4n) is 4.08. The van der Waals surface area contributed by atoms with Gasteiger partial charge in [-0.3, -0.25) is 0 Å². The zero-order chi connectivity index (χ0) is 23.7. The van der Waals surface area contributed by atoms with Crippen molar-refractivity contribution in [2.75, 3.05) is 36.5 Å². The van der Waals surface area contributed by atoms with Crippen LogP contribution < -0.4 is 9.80 Å². The number of halogens is 1. The Morgan fingerprint density at radius 2 is 1.88 bits per heavy atom. The Hall–Kier alpha value is -3.26. The van der Waals surface area contributed by atoms with Crippen LogP contribution in [-0.2, 0) is 4.74 Å². The molecule has 0 spiro atoms. The van der Waals surface area contributed by atoms with Crippen LogP contribution in [0.1, 0.15) is 34.1 Å². The van der Waals surface area contributed by atoms with Gasteiger partial charge in [-0.05, 0) is 50.5 Å². The van der Waals surface area contributed by atoms with Gasteiger partial charge in [0.25, 0.3) is 0 Å². The van der Waals surface area contributed by atoms with Gasteiger partial charge in [-0.1, -0.05) is 23.7 Å². The summed E-state index contributed by atoms with van der Waals surface area (Å²) in [5.74, 6) is 1.14. The monoisotopic (exact) mass is 466 g/mol. The molecule has 1 atom stereocenters. The van der Waals surface area contributed by atoms with Crippen LogP contribution in [0.15, 0.2) is 30.6 Å². The van der Waals surface area contributed by atoms with Crippen molar-refractivity contribution in [1.82, 2.24) is 20.2 Å². The molecule has 0 bridgehead atoms. The highest BCUT2D eigenvalue weighted by atomic mass is 35.5. The minimum absolute atomic E-state index is 0.175. The van der Waals surface area contributed by atoms with Crippen LogP contribution in [-0.4, -0.2) is 58.9 Å². The Morgan fingerprint density at radius 1 is 1.09 bits per heavy atom. The van der Waals surface area contributed by atoms with E-state index in [0.29, 0.717) is 0 Å². The number of hydrogen-bond acceptors (Lipinski definition) is 8. The second-order valence-corrected chi connectivity index (χ2v) is 8.73. The van der Waals surface area contributed by atoms with Gasteiger partial charge < -0.3 is 14.5 Å². The number of methoxy groups -OCH3 is 1. The van der Waals surface area contributed by atoms with Crippen molar-refractivity contribution in [3.63, 3.8) is 0 Å². The van der Waals surface area contributed by atoms with Crippen LogP contribution in [0.3, 0.4) is 0 Å². The minimum atomic E-state index is -0.493. The van der Waals surface area contributed by atoms with Crippen LogP contribution in [0.2, 0.25) is 5.02 Å². The number of benzene rings is 1. The van der Waals surface area contributed by atoms with Crippen LogP contribution in [0.5, 0.6) is 0 Å². The Labute approximate surface area is 198 Å². The molecule has 2 aromatic heterocycles. The van der Waals surface area contributed by atoms with E-state index in [2.05, 4.69) is 50.7 Å². The molecule has 1 aromatic carbocycles. The van der Waals surface area contributed by atoms with E-state index in [4.69, 9.17) is 16.3 Å². The topological polar surface area (TPSA) is 84.3 Å². The number of aryl methyl sites for hydroxylation is 1. The van der Waals surface area contributed by atoms with Gasteiger partial charge in [0, 0.05) is 36.3 Å². The largest absolute Gasteiger partial charge is 0.464 e. The maximum atomic E-state index is 11.6. The fourth-order valence-corrected chi connectivity index (χ4v) is 4.26. The lowest BCUT2D eigenvalue weighted by atomic mass is 10.0. The van der Waals surface area contributed by atoms with E-state index in [1.807, 2.05) is 25.1 Å². The number of ether oxygens (including phenoxy) is 1. The molecule has 8 nitrogen and oxygen atoms in total. The quantitative estimate of drug-likeness (QED) is 0.533. The summed E-state index contributed by atoms with van der Waals surface area (Å²) in [4.78, 5) is 24.7. The first-order chi connectivity index (χ1) is 15.8. The van der Waals surface area contributed by atoms with Crippen molar-refractivity contribution in [2.24, 2.45) is 0 Å². The predicted molar refractivity (Wildman–Crippen MR) is 129 cm³/mol. The number of esters is 1. The van der Waals surface area contributed by atoms with Gasteiger partial charge in [0.2, 0.25) is 0 Å². The molecule has 0 unspecified atom stereocenters. The van der Waals surface area contributed by atoms with Crippen LogP contribution >= 0.6 is 11.6 Å². The first-order valence-corrected chi connectivity index (χ1v) is 11.2. The summed E-state index contributed by atoms with van der Waals surface area (Å²) in [6, 6.07) is 6.16. The fraction of sp³-hybridized carbons (Fsp3) is 0.375. The van der Waals surface area contributed by atoms with Crippen LogP contribution in [0, 0.1) is 20.8 Å². The smallest absolute Gasteiger partial charge is 0.358 e. The average Bonchev–Trinajstić information content (AvgIpc) is 2.82. The number of piperazine rings is 1. The summed E-state index contributed by atoms with van der Waals surface area (Å²) >= 11 is 6.33. The van der Waals surface area contributed by atoms with Gasteiger partial charge in [0.1, 0.15) is 5.82 Å². The lowest BCUT2D eigenvalue weighted by Gasteiger charge is -2.41. The van der Waals surface area contributed by atoms with Crippen molar-refractivity contribution in [3.05, 3.63) is 58.0 Å². The molecule has 0 N–H and O–H groups in total.